The molecule has 0 radical (unpaired) electrons. The monoisotopic (exact) mass is 206 g/mol. The summed E-state index contributed by atoms with van der Waals surface area (Å²) in [6.07, 6.45) is 0.912. The molecule has 0 aliphatic carbocycles. The highest BCUT2D eigenvalue weighted by Gasteiger charge is 2.28. The summed E-state index contributed by atoms with van der Waals surface area (Å²) >= 11 is 0. The van der Waals surface area contributed by atoms with E-state index in [9.17, 15) is 10.1 Å². The Morgan fingerprint density at radius 1 is 1.47 bits per heavy atom. The quantitative estimate of drug-likeness (QED) is 0.551. The first-order valence-corrected chi connectivity index (χ1v) is 5.14. The van der Waals surface area contributed by atoms with Crippen LogP contribution in [0.1, 0.15) is 19.4 Å². The van der Waals surface area contributed by atoms with Crippen molar-refractivity contribution in [3.05, 3.63) is 33.9 Å². The largest absolute Gasteiger partial charge is 0.363 e. The van der Waals surface area contributed by atoms with E-state index >= 15 is 0 Å². The van der Waals surface area contributed by atoms with Gasteiger partial charge < -0.3 is 4.90 Å². The summed E-state index contributed by atoms with van der Waals surface area (Å²) in [5, 5.41) is 10.9. The van der Waals surface area contributed by atoms with E-state index in [0.717, 1.165) is 24.2 Å². The van der Waals surface area contributed by atoms with Gasteiger partial charge in [0.2, 0.25) is 0 Å². The lowest BCUT2D eigenvalue weighted by Gasteiger charge is -2.23. The molecule has 0 spiro atoms. The van der Waals surface area contributed by atoms with E-state index < -0.39 is 0 Å². The summed E-state index contributed by atoms with van der Waals surface area (Å²) in [5.41, 5.74) is 2.15. The fourth-order valence-electron chi connectivity index (χ4n) is 2.13. The van der Waals surface area contributed by atoms with Gasteiger partial charge in [0.15, 0.2) is 0 Å². The van der Waals surface area contributed by atoms with Crippen molar-refractivity contribution in [2.24, 2.45) is 0 Å². The first kappa shape index (κ1) is 9.96. The highest BCUT2D eigenvalue weighted by Crippen LogP contribution is 2.37. The van der Waals surface area contributed by atoms with Crippen LogP contribution >= 0.6 is 0 Å². The number of benzene rings is 1. The molecular weight excluding hydrogens is 192 g/mol. The molecule has 15 heavy (non-hydrogen) atoms. The molecule has 1 aliphatic heterocycles. The third-order valence-corrected chi connectivity index (χ3v) is 2.83. The van der Waals surface area contributed by atoms with Crippen molar-refractivity contribution < 1.29 is 4.92 Å². The maximum Gasteiger partial charge on any atom is 0.292 e. The van der Waals surface area contributed by atoms with Gasteiger partial charge in [-0.3, -0.25) is 10.1 Å². The molecule has 0 bridgehead atoms. The van der Waals surface area contributed by atoms with Gasteiger partial charge in [0.05, 0.1) is 4.92 Å². The number of para-hydroxylation sites is 1. The highest BCUT2D eigenvalue weighted by molar-refractivity contribution is 5.71. The predicted molar refractivity (Wildman–Crippen MR) is 59.3 cm³/mol. The lowest BCUT2D eigenvalue weighted by Crippen LogP contribution is -2.28. The Morgan fingerprint density at radius 2 is 2.20 bits per heavy atom. The van der Waals surface area contributed by atoms with Gasteiger partial charge in [-0.05, 0) is 25.8 Å². The van der Waals surface area contributed by atoms with Crippen molar-refractivity contribution in [2.45, 2.75) is 26.3 Å². The van der Waals surface area contributed by atoms with Crippen molar-refractivity contribution >= 4 is 11.4 Å². The molecule has 0 saturated heterocycles. The number of fused-ring (bicyclic) bond motifs is 1. The lowest BCUT2D eigenvalue weighted by atomic mass is 10.1. The van der Waals surface area contributed by atoms with Crippen molar-refractivity contribution in [1.29, 1.82) is 0 Å². The molecule has 1 aliphatic rings. The Bertz CT molecular complexity index is 402. The normalized spacial score (nSPS) is 14.5. The number of anilines is 1. The zero-order chi connectivity index (χ0) is 11.0. The molecule has 1 heterocycles. The predicted octanol–water partition coefficient (Wildman–Crippen LogP) is 2.37. The molecule has 0 N–H and O–H groups in total. The van der Waals surface area contributed by atoms with Gasteiger partial charge in [-0.15, -0.1) is 0 Å². The number of nitro benzene ring substituents is 1. The molecule has 1 aromatic rings. The van der Waals surface area contributed by atoms with Crippen LogP contribution < -0.4 is 4.90 Å². The zero-order valence-electron chi connectivity index (χ0n) is 8.93. The molecule has 0 unspecified atom stereocenters. The smallest absolute Gasteiger partial charge is 0.292 e. The number of rotatable bonds is 2. The number of nitro groups is 1. The van der Waals surface area contributed by atoms with Crippen molar-refractivity contribution in [3.8, 4) is 0 Å². The Labute approximate surface area is 88.7 Å². The number of hydrogen-bond acceptors (Lipinski definition) is 3. The molecule has 2 rings (SSSR count). The SMILES string of the molecule is CC(C)N1CCc2cccc([N+](=O)[O-])c21. The highest BCUT2D eigenvalue weighted by atomic mass is 16.6. The van der Waals surface area contributed by atoms with E-state index in [1.807, 2.05) is 6.07 Å². The Kier molecular flexibility index (Phi) is 2.34. The third-order valence-electron chi connectivity index (χ3n) is 2.83. The summed E-state index contributed by atoms with van der Waals surface area (Å²) in [4.78, 5) is 12.7. The third kappa shape index (κ3) is 1.56. The Balaban J connectivity index is 2.53. The van der Waals surface area contributed by atoms with Crippen molar-refractivity contribution in [2.75, 3.05) is 11.4 Å². The van der Waals surface area contributed by atoms with E-state index in [2.05, 4.69) is 18.7 Å². The van der Waals surface area contributed by atoms with Crippen LogP contribution in [0.15, 0.2) is 18.2 Å². The lowest BCUT2D eigenvalue weighted by molar-refractivity contribution is -0.384. The van der Waals surface area contributed by atoms with Crippen LogP contribution in [0.5, 0.6) is 0 Å². The fourth-order valence-corrected chi connectivity index (χ4v) is 2.13. The maximum atomic E-state index is 10.9. The minimum atomic E-state index is -0.292. The second-order valence-corrected chi connectivity index (χ2v) is 4.08. The van der Waals surface area contributed by atoms with Crippen LogP contribution in [0.25, 0.3) is 0 Å². The van der Waals surface area contributed by atoms with Crippen LogP contribution in [0.4, 0.5) is 11.4 Å². The van der Waals surface area contributed by atoms with Gasteiger partial charge in [-0.1, -0.05) is 12.1 Å². The van der Waals surface area contributed by atoms with Crippen molar-refractivity contribution in [3.63, 3.8) is 0 Å². The van der Waals surface area contributed by atoms with E-state index in [1.165, 1.54) is 0 Å². The van der Waals surface area contributed by atoms with Gasteiger partial charge >= 0.3 is 0 Å². The summed E-state index contributed by atoms with van der Waals surface area (Å²) in [5.74, 6) is 0. The summed E-state index contributed by atoms with van der Waals surface area (Å²) < 4.78 is 0. The molecule has 0 amide bonds. The van der Waals surface area contributed by atoms with E-state index in [-0.39, 0.29) is 10.6 Å². The van der Waals surface area contributed by atoms with E-state index in [0.29, 0.717) is 6.04 Å². The fraction of sp³-hybridized carbons (Fsp3) is 0.455. The van der Waals surface area contributed by atoms with Gasteiger partial charge in [0.1, 0.15) is 5.69 Å². The maximum absolute atomic E-state index is 10.9. The van der Waals surface area contributed by atoms with Crippen LogP contribution in [-0.4, -0.2) is 17.5 Å². The standard InChI is InChI=1S/C11H14N2O2/c1-8(2)12-7-6-9-4-3-5-10(11(9)12)13(14)15/h3-5,8H,6-7H2,1-2H3. The molecule has 0 atom stereocenters. The van der Waals surface area contributed by atoms with Gasteiger partial charge in [-0.2, -0.15) is 0 Å². The molecule has 0 fully saturated rings. The zero-order valence-corrected chi connectivity index (χ0v) is 8.93. The Morgan fingerprint density at radius 3 is 2.80 bits per heavy atom. The minimum Gasteiger partial charge on any atom is -0.363 e. The minimum absolute atomic E-state index is 0.235. The average Bonchev–Trinajstić information content (AvgIpc) is 2.60. The molecule has 4 heteroatoms. The second kappa shape index (κ2) is 3.53. The van der Waals surface area contributed by atoms with Crippen LogP contribution in [-0.2, 0) is 6.42 Å². The molecule has 0 aromatic heterocycles. The van der Waals surface area contributed by atoms with Gasteiger partial charge in [0.25, 0.3) is 5.69 Å². The number of hydrogen-bond donors (Lipinski definition) is 0. The van der Waals surface area contributed by atoms with Crippen LogP contribution in [0, 0.1) is 10.1 Å². The topological polar surface area (TPSA) is 46.4 Å². The summed E-state index contributed by atoms with van der Waals surface area (Å²) in [6.45, 7) is 5.01. The van der Waals surface area contributed by atoms with Crippen LogP contribution in [0.2, 0.25) is 0 Å². The van der Waals surface area contributed by atoms with E-state index in [1.54, 1.807) is 12.1 Å². The average molecular weight is 206 g/mol. The molecule has 80 valence electrons. The second-order valence-electron chi connectivity index (χ2n) is 4.08. The summed E-state index contributed by atoms with van der Waals surface area (Å²) in [6, 6.07) is 5.64. The number of nitrogens with zero attached hydrogens (tertiary/aromatic N) is 2. The van der Waals surface area contributed by atoms with Crippen molar-refractivity contribution in [1.82, 2.24) is 0 Å². The Hall–Kier alpha value is -1.58. The van der Waals surface area contributed by atoms with Gasteiger partial charge in [0, 0.05) is 18.7 Å². The molecule has 0 saturated carbocycles. The molecule has 1 aromatic carbocycles. The molecular formula is C11H14N2O2. The molecule has 4 nitrogen and oxygen atoms in total. The summed E-state index contributed by atoms with van der Waals surface area (Å²) in [7, 11) is 0. The van der Waals surface area contributed by atoms with Crippen LogP contribution in [0.3, 0.4) is 0 Å². The first-order valence-electron chi connectivity index (χ1n) is 5.14. The van der Waals surface area contributed by atoms with Gasteiger partial charge in [-0.25, -0.2) is 0 Å². The first-order chi connectivity index (χ1) is 7.11. The van der Waals surface area contributed by atoms with E-state index in [4.69, 9.17) is 0 Å².